The van der Waals surface area contributed by atoms with E-state index in [0.29, 0.717) is 12.3 Å². The van der Waals surface area contributed by atoms with Crippen molar-refractivity contribution < 1.29 is 5.11 Å². The van der Waals surface area contributed by atoms with Gasteiger partial charge in [-0.1, -0.05) is 18.2 Å². The van der Waals surface area contributed by atoms with E-state index in [-0.39, 0.29) is 24.8 Å². The van der Waals surface area contributed by atoms with Crippen LogP contribution in [0.4, 0.5) is 11.4 Å². The monoisotopic (exact) mass is 300 g/mol. The number of rotatable bonds is 3. The van der Waals surface area contributed by atoms with Gasteiger partial charge in [-0.15, -0.1) is 24.8 Å². The second kappa shape index (κ2) is 7.77. The van der Waals surface area contributed by atoms with Crippen molar-refractivity contribution in [2.24, 2.45) is 0 Å². The van der Waals surface area contributed by atoms with Crippen LogP contribution in [0.2, 0.25) is 0 Å². The fourth-order valence-electron chi connectivity index (χ4n) is 1.74. The molecule has 0 bridgehead atoms. The van der Waals surface area contributed by atoms with Gasteiger partial charge < -0.3 is 16.2 Å². The molecule has 19 heavy (non-hydrogen) atoms. The first kappa shape index (κ1) is 17.4. The highest BCUT2D eigenvalue weighted by Crippen LogP contribution is 2.21. The highest BCUT2D eigenvalue weighted by Gasteiger charge is 2.01. The van der Waals surface area contributed by atoms with Gasteiger partial charge >= 0.3 is 0 Å². The van der Waals surface area contributed by atoms with Crippen LogP contribution in [0.25, 0.3) is 0 Å². The molecule has 0 amide bonds. The van der Waals surface area contributed by atoms with E-state index in [1.807, 2.05) is 43.3 Å². The van der Waals surface area contributed by atoms with Crippen LogP contribution in [-0.4, -0.2) is 5.11 Å². The Bertz CT molecular complexity index is 533. The average molecular weight is 301 g/mol. The van der Waals surface area contributed by atoms with E-state index >= 15 is 0 Å². The highest BCUT2D eigenvalue weighted by atomic mass is 35.5. The summed E-state index contributed by atoms with van der Waals surface area (Å²) in [6.07, 6.45) is 0. The Morgan fingerprint density at radius 3 is 2.42 bits per heavy atom. The minimum Gasteiger partial charge on any atom is -0.508 e. The van der Waals surface area contributed by atoms with Gasteiger partial charge in [0.25, 0.3) is 0 Å². The van der Waals surface area contributed by atoms with Crippen molar-refractivity contribution in [1.82, 2.24) is 0 Å². The molecular formula is C14H18Cl2N2O. The minimum absolute atomic E-state index is 0. The molecule has 2 rings (SSSR count). The summed E-state index contributed by atoms with van der Waals surface area (Å²) >= 11 is 0. The van der Waals surface area contributed by atoms with Gasteiger partial charge in [0, 0.05) is 23.5 Å². The van der Waals surface area contributed by atoms with E-state index in [1.54, 1.807) is 6.07 Å². The molecule has 0 unspecified atom stereocenters. The van der Waals surface area contributed by atoms with Crippen molar-refractivity contribution in [2.45, 2.75) is 13.5 Å². The fraction of sp³-hybridized carbons (Fsp3) is 0.143. The summed E-state index contributed by atoms with van der Waals surface area (Å²) in [4.78, 5) is 0. The summed E-state index contributed by atoms with van der Waals surface area (Å²) < 4.78 is 0. The zero-order valence-corrected chi connectivity index (χ0v) is 12.2. The maximum atomic E-state index is 9.64. The van der Waals surface area contributed by atoms with E-state index in [9.17, 15) is 5.11 Å². The van der Waals surface area contributed by atoms with Gasteiger partial charge in [-0.25, -0.2) is 0 Å². The highest BCUT2D eigenvalue weighted by molar-refractivity contribution is 5.85. The van der Waals surface area contributed by atoms with Gasteiger partial charge in [0.05, 0.1) is 0 Å². The third kappa shape index (κ3) is 4.54. The summed E-state index contributed by atoms with van der Waals surface area (Å²) in [5, 5.41) is 12.9. The molecule has 2 aromatic carbocycles. The first-order valence-corrected chi connectivity index (χ1v) is 5.53. The van der Waals surface area contributed by atoms with E-state index in [2.05, 4.69) is 5.32 Å². The molecule has 0 aliphatic carbocycles. The summed E-state index contributed by atoms with van der Waals surface area (Å²) in [5.41, 5.74) is 9.46. The maximum Gasteiger partial charge on any atom is 0.120 e. The number of para-hydroxylation sites is 1. The lowest BCUT2D eigenvalue weighted by Crippen LogP contribution is -2.01. The van der Waals surface area contributed by atoms with Crippen LogP contribution >= 0.6 is 24.8 Å². The molecule has 0 aromatic heterocycles. The van der Waals surface area contributed by atoms with Gasteiger partial charge in [-0.3, -0.25) is 0 Å². The Hall–Kier alpha value is -1.58. The number of anilines is 2. The number of hydrogen-bond acceptors (Lipinski definition) is 3. The molecule has 2 aromatic rings. The van der Waals surface area contributed by atoms with Crippen molar-refractivity contribution in [3.05, 3.63) is 53.6 Å². The lowest BCUT2D eigenvalue weighted by molar-refractivity contribution is 0.469. The molecule has 0 aliphatic heterocycles. The van der Waals surface area contributed by atoms with Crippen molar-refractivity contribution in [2.75, 3.05) is 11.1 Å². The fourth-order valence-corrected chi connectivity index (χ4v) is 1.74. The molecule has 0 fully saturated rings. The molecule has 5 heteroatoms. The number of aromatic hydroxyl groups is 1. The van der Waals surface area contributed by atoms with Crippen LogP contribution < -0.4 is 11.1 Å². The van der Waals surface area contributed by atoms with Crippen molar-refractivity contribution >= 4 is 36.2 Å². The minimum atomic E-state index is 0. The lowest BCUT2D eigenvalue weighted by Gasteiger charge is -2.11. The molecule has 3 nitrogen and oxygen atoms in total. The van der Waals surface area contributed by atoms with Gasteiger partial charge in [0.15, 0.2) is 0 Å². The normalized spacial score (nSPS) is 9.11. The Morgan fingerprint density at radius 1 is 1.11 bits per heavy atom. The van der Waals surface area contributed by atoms with Crippen LogP contribution in [0.1, 0.15) is 11.1 Å². The second-order valence-electron chi connectivity index (χ2n) is 4.06. The Balaban J connectivity index is 0.00000162. The topological polar surface area (TPSA) is 58.3 Å². The third-order valence-electron chi connectivity index (χ3n) is 2.71. The standard InChI is InChI=1S/C14H16N2O.2ClH/c1-10-8-12(15)6-7-13(10)16-9-11-4-2-3-5-14(11)17;;/h2-8,16-17H,9,15H2,1H3;2*1H. The van der Waals surface area contributed by atoms with E-state index in [4.69, 9.17) is 5.73 Å². The quantitative estimate of drug-likeness (QED) is 0.757. The largest absolute Gasteiger partial charge is 0.508 e. The summed E-state index contributed by atoms with van der Waals surface area (Å²) in [7, 11) is 0. The van der Waals surface area contributed by atoms with E-state index < -0.39 is 0 Å². The SMILES string of the molecule is Cc1cc(N)ccc1NCc1ccccc1O.Cl.Cl. The van der Waals surface area contributed by atoms with Crippen molar-refractivity contribution in [1.29, 1.82) is 0 Å². The van der Waals surface area contributed by atoms with Gasteiger partial charge in [0.2, 0.25) is 0 Å². The summed E-state index contributed by atoms with van der Waals surface area (Å²) in [6.45, 7) is 2.60. The Morgan fingerprint density at radius 2 is 1.79 bits per heavy atom. The number of nitrogen functional groups attached to an aromatic ring is 1. The van der Waals surface area contributed by atoms with Crippen LogP contribution in [0, 0.1) is 6.92 Å². The number of aryl methyl sites for hydroxylation is 1. The number of halogens is 2. The predicted molar refractivity (Wildman–Crippen MR) is 85.5 cm³/mol. The number of hydrogen-bond donors (Lipinski definition) is 3. The molecule has 0 heterocycles. The van der Waals surface area contributed by atoms with E-state index in [0.717, 1.165) is 22.5 Å². The third-order valence-corrected chi connectivity index (χ3v) is 2.71. The number of nitrogens with one attached hydrogen (secondary N) is 1. The van der Waals surface area contributed by atoms with Crippen LogP contribution in [0.3, 0.4) is 0 Å². The number of nitrogens with two attached hydrogens (primary N) is 1. The average Bonchev–Trinajstić information content (AvgIpc) is 2.30. The number of phenols is 1. The number of phenolic OH excluding ortho intramolecular Hbond substituents is 1. The van der Waals surface area contributed by atoms with Crippen LogP contribution in [0.5, 0.6) is 5.75 Å². The molecule has 4 N–H and O–H groups in total. The zero-order valence-electron chi connectivity index (χ0n) is 10.6. The smallest absolute Gasteiger partial charge is 0.120 e. The Kier molecular flexibility index (Phi) is 7.12. The van der Waals surface area contributed by atoms with Gasteiger partial charge in [-0.05, 0) is 36.8 Å². The maximum absolute atomic E-state index is 9.64. The first-order valence-electron chi connectivity index (χ1n) is 5.53. The predicted octanol–water partition coefficient (Wildman–Crippen LogP) is 3.74. The summed E-state index contributed by atoms with van der Waals surface area (Å²) in [6, 6.07) is 13.0. The van der Waals surface area contributed by atoms with Gasteiger partial charge in [0.1, 0.15) is 5.75 Å². The second-order valence-corrected chi connectivity index (χ2v) is 4.06. The number of benzene rings is 2. The molecule has 0 saturated carbocycles. The molecule has 0 atom stereocenters. The molecule has 104 valence electrons. The lowest BCUT2D eigenvalue weighted by atomic mass is 10.1. The summed E-state index contributed by atoms with van der Waals surface area (Å²) in [5.74, 6) is 0.313. The van der Waals surface area contributed by atoms with Crippen LogP contribution in [0.15, 0.2) is 42.5 Å². The molecular weight excluding hydrogens is 283 g/mol. The first-order chi connectivity index (χ1) is 8.16. The molecule has 0 radical (unpaired) electrons. The van der Waals surface area contributed by atoms with E-state index in [1.165, 1.54) is 0 Å². The van der Waals surface area contributed by atoms with Crippen molar-refractivity contribution in [3.63, 3.8) is 0 Å². The molecule has 0 saturated heterocycles. The molecule has 0 spiro atoms. The van der Waals surface area contributed by atoms with Crippen molar-refractivity contribution in [3.8, 4) is 5.75 Å². The zero-order chi connectivity index (χ0) is 12.3. The Labute approximate surface area is 125 Å². The van der Waals surface area contributed by atoms with Gasteiger partial charge in [-0.2, -0.15) is 0 Å². The molecule has 0 aliphatic rings. The van der Waals surface area contributed by atoms with Crippen LogP contribution in [-0.2, 0) is 6.54 Å².